The van der Waals surface area contributed by atoms with Crippen LogP contribution in [0.15, 0.2) is 24.3 Å². The number of hydrogen-bond acceptors (Lipinski definition) is 3. The highest BCUT2D eigenvalue weighted by molar-refractivity contribution is 6.33. The van der Waals surface area contributed by atoms with Crippen LogP contribution in [-0.4, -0.2) is 31.1 Å². The van der Waals surface area contributed by atoms with Gasteiger partial charge in [-0.15, -0.1) is 0 Å². The molecule has 1 aliphatic heterocycles. The summed E-state index contributed by atoms with van der Waals surface area (Å²) in [5.74, 6) is -0.128. The average Bonchev–Trinajstić information content (AvgIpc) is 2.47. The zero-order valence-electron chi connectivity index (χ0n) is 12.7. The Morgan fingerprint density at radius 2 is 2.14 bits per heavy atom. The number of hydrogen-bond donors (Lipinski definition) is 2. The first-order valence-corrected chi connectivity index (χ1v) is 7.92. The predicted molar refractivity (Wildman–Crippen MR) is 87.6 cm³/mol. The molecule has 1 heterocycles. The summed E-state index contributed by atoms with van der Waals surface area (Å²) in [5.41, 5.74) is 6.83. The average molecular weight is 310 g/mol. The van der Waals surface area contributed by atoms with Crippen molar-refractivity contribution in [1.82, 2.24) is 5.32 Å². The first kappa shape index (κ1) is 16.1. The molecule has 0 aromatic heterocycles. The minimum absolute atomic E-state index is 0.0380. The molecule has 1 fully saturated rings. The molecule has 4 nitrogen and oxygen atoms in total. The number of anilines is 1. The second-order valence-corrected chi connectivity index (χ2v) is 6.30. The van der Waals surface area contributed by atoms with Crippen molar-refractivity contribution in [1.29, 1.82) is 0 Å². The molecule has 0 spiro atoms. The first-order valence-electron chi connectivity index (χ1n) is 7.54. The third kappa shape index (κ3) is 4.11. The number of carbonyl (C=O) groups is 1. The third-order valence-corrected chi connectivity index (χ3v) is 4.48. The van der Waals surface area contributed by atoms with Crippen molar-refractivity contribution in [3.8, 4) is 0 Å². The zero-order valence-corrected chi connectivity index (χ0v) is 13.4. The van der Waals surface area contributed by atoms with Gasteiger partial charge in [-0.25, -0.2) is 0 Å². The van der Waals surface area contributed by atoms with Crippen LogP contribution in [0.25, 0.3) is 0 Å². The predicted octanol–water partition coefficient (Wildman–Crippen LogP) is 2.41. The molecule has 5 heteroatoms. The number of piperidine rings is 1. The van der Waals surface area contributed by atoms with E-state index in [1.807, 2.05) is 38.1 Å². The molecule has 3 atom stereocenters. The lowest BCUT2D eigenvalue weighted by Crippen LogP contribution is -2.50. The number of rotatable bonds is 4. The van der Waals surface area contributed by atoms with E-state index < -0.39 is 0 Å². The van der Waals surface area contributed by atoms with E-state index in [1.54, 1.807) is 0 Å². The fraction of sp³-hybridized carbons (Fsp3) is 0.562. The van der Waals surface area contributed by atoms with E-state index in [0.29, 0.717) is 0 Å². The monoisotopic (exact) mass is 309 g/mol. The Balaban J connectivity index is 1.98. The summed E-state index contributed by atoms with van der Waals surface area (Å²) in [6.07, 6.45) is 2.04. The maximum atomic E-state index is 12.1. The van der Waals surface area contributed by atoms with E-state index in [-0.39, 0.29) is 23.9 Å². The molecular weight excluding hydrogens is 286 g/mol. The van der Waals surface area contributed by atoms with Crippen LogP contribution in [0.4, 0.5) is 5.69 Å². The molecule has 0 aliphatic carbocycles. The van der Waals surface area contributed by atoms with Gasteiger partial charge in [-0.2, -0.15) is 0 Å². The first-order chi connectivity index (χ1) is 9.99. The van der Waals surface area contributed by atoms with Gasteiger partial charge in [0.2, 0.25) is 5.91 Å². The Hall–Kier alpha value is -1.26. The quantitative estimate of drug-likeness (QED) is 0.898. The second-order valence-electron chi connectivity index (χ2n) is 5.89. The van der Waals surface area contributed by atoms with Crippen LogP contribution in [0.3, 0.4) is 0 Å². The largest absolute Gasteiger partial charge is 0.368 e. The van der Waals surface area contributed by atoms with Crippen LogP contribution in [-0.2, 0) is 4.79 Å². The Labute approximate surface area is 131 Å². The zero-order chi connectivity index (χ0) is 15.4. The Kier molecular flexibility index (Phi) is 5.48. The molecule has 2 rings (SSSR count). The van der Waals surface area contributed by atoms with Gasteiger partial charge in [0.1, 0.15) is 0 Å². The molecule has 0 saturated carbocycles. The molecule has 3 unspecified atom stereocenters. The molecule has 3 N–H and O–H groups in total. The van der Waals surface area contributed by atoms with Crippen LogP contribution in [0, 0.1) is 5.92 Å². The SMILES string of the molecule is CC(N)C(C)C(=O)NC1CCCN(c2ccccc2Cl)C1. The van der Waals surface area contributed by atoms with Crippen molar-refractivity contribution in [2.45, 2.75) is 38.8 Å². The van der Waals surface area contributed by atoms with Gasteiger partial charge in [0.05, 0.1) is 10.7 Å². The maximum absolute atomic E-state index is 12.1. The summed E-state index contributed by atoms with van der Waals surface area (Å²) in [6.45, 7) is 5.50. The molecule has 1 amide bonds. The number of para-hydroxylation sites is 1. The number of nitrogens with zero attached hydrogens (tertiary/aromatic N) is 1. The van der Waals surface area contributed by atoms with Crippen LogP contribution in [0.1, 0.15) is 26.7 Å². The summed E-state index contributed by atoms with van der Waals surface area (Å²) < 4.78 is 0. The van der Waals surface area contributed by atoms with E-state index in [9.17, 15) is 4.79 Å². The van der Waals surface area contributed by atoms with E-state index >= 15 is 0 Å². The Morgan fingerprint density at radius 3 is 2.81 bits per heavy atom. The van der Waals surface area contributed by atoms with Gasteiger partial charge >= 0.3 is 0 Å². The van der Waals surface area contributed by atoms with Gasteiger partial charge in [0.25, 0.3) is 0 Å². The third-order valence-electron chi connectivity index (χ3n) is 4.16. The molecular formula is C16H24ClN3O. The minimum Gasteiger partial charge on any atom is -0.368 e. The molecule has 116 valence electrons. The van der Waals surface area contributed by atoms with Gasteiger partial charge < -0.3 is 16.0 Å². The van der Waals surface area contributed by atoms with Crippen molar-refractivity contribution in [2.75, 3.05) is 18.0 Å². The van der Waals surface area contributed by atoms with E-state index in [4.69, 9.17) is 17.3 Å². The lowest BCUT2D eigenvalue weighted by atomic mass is 10.0. The normalized spacial score (nSPS) is 21.7. The molecule has 1 aromatic rings. The van der Waals surface area contributed by atoms with E-state index in [0.717, 1.165) is 36.6 Å². The van der Waals surface area contributed by atoms with Crippen LogP contribution < -0.4 is 16.0 Å². The van der Waals surface area contributed by atoms with Crippen LogP contribution in [0.5, 0.6) is 0 Å². The lowest BCUT2D eigenvalue weighted by Gasteiger charge is -2.35. The Bertz CT molecular complexity index is 492. The highest BCUT2D eigenvalue weighted by Crippen LogP contribution is 2.27. The van der Waals surface area contributed by atoms with Crippen molar-refractivity contribution >= 4 is 23.2 Å². The van der Waals surface area contributed by atoms with Crippen LogP contribution >= 0.6 is 11.6 Å². The molecule has 0 radical (unpaired) electrons. The van der Waals surface area contributed by atoms with E-state index in [1.165, 1.54) is 0 Å². The smallest absolute Gasteiger partial charge is 0.224 e. The Morgan fingerprint density at radius 1 is 1.43 bits per heavy atom. The summed E-state index contributed by atoms with van der Waals surface area (Å²) in [5, 5.41) is 3.87. The summed E-state index contributed by atoms with van der Waals surface area (Å²) in [7, 11) is 0. The number of carbonyl (C=O) groups excluding carboxylic acids is 1. The molecule has 21 heavy (non-hydrogen) atoms. The fourth-order valence-corrected chi connectivity index (χ4v) is 2.85. The van der Waals surface area contributed by atoms with Gasteiger partial charge in [-0.1, -0.05) is 30.7 Å². The van der Waals surface area contributed by atoms with Crippen molar-refractivity contribution in [3.05, 3.63) is 29.3 Å². The summed E-state index contributed by atoms with van der Waals surface area (Å²) in [4.78, 5) is 14.4. The lowest BCUT2D eigenvalue weighted by molar-refractivity contribution is -0.125. The van der Waals surface area contributed by atoms with Crippen molar-refractivity contribution < 1.29 is 4.79 Å². The van der Waals surface area contributed by atoms with Gasteiger partial charge in [-0.05, 0) is 31.9 Å². The van der Waals surface area contributed by atoms with Crippen LogP contribution in [0.2, 0.25) is 5.02 Å². The molecule has 1 aromatic carbocycles. The maximum Gasteiger partial charge on any atom is 0.224 e. The van der Waals surface area contributed by atoms with Gasteiger partial charge in [0, 0.05) is 31.1 Å². The van der Waals surface area contributed by atoms with Crippen molar-refractivity contribution in [3.63, 3.8) is 0 Å². The van der Waals surface area contributed by atoms with E-state index in [2.05, 4.69) is 10.2 Å². The molecule has 1 aliphatic rings. The second kappa shape index (κ2) is 7.14. The minimum atomic E-state index is -0.166. The van der Waals surface area contributed by atoms with Gasteiger partial charge in [0.15, 0.2) is 0 Å². The number of amides is 1. The summed E-state index contributed by atoms with van der Waals surface area (Å²) >= 11 is 6.26. The topological polar surface area (TPSA) is 58.4 Å². The highest BCUT2D eigenvalue weighted by Gasteiger charge is 2.25. The fourth-order valence-electron chi connectivity index (χ4n) is 2.59. The number of nitrogens with two attached hydrogens (primary N) is 1. The molecule has 0 bridgehead atoms. The number of nitrogens with one attached hydrogen (secondary N) is 1. The number of halogens is 1. The van der Waals surface area contributed by atoms with Crippen molar-refractivity contribution in [2.24, 2.45) is 11.7 Å². The summed E-state index contributed by atoms with van der Waals surface area (Å²) in [6, 6.07) is 7.87. The van der Waals surface area contributed by atoms with Gasteiger partial charge in [-0.3, -0.25) is 4.79 Å². The highest BCUT2D eigenvalue weighted by atomic mass is 35.5. The molecule has 1 saturated heterocycles. The number of benzene rings is 1. The standard InChI is InChI=1S/C16H24ClN3O/c1-11(12(2)18)16(21)19-13-6-5-9-20(10-13)15-8-4-3-7-14(15)17/h3-4,7-8,11-13H,5-6,9-10,18H2,1-2H3,(H,19,21).